The van der Waals surface area contributed by atoms with E-state index in [9.17, 15) is 4.79 Å². The van der Waals surface area contributed by atoms with E-state index >= 15 is 0 Å². The fraction of sp³-hybridized carbons (Fsp3) is 0.0833. The molecular weight excluding hydrogens is 416 g/mol. The fourth-order valence-electron chi connectivity index (χ4n) is 2.97. The van der Waals surface area contributed by atoms with Gasteiger partial charge in [-0.05, 0) is 42.0 Å². The van der Waals surface area contributed by atoms with Crippen molar-refractivity contribution in [1.29, 1.82) is 0 Å². The number of halogens is 1. The Balaban J connectivity index is 1.40. The van der Waals surface area contributed by atoms with Gasteiger partial charge in [0.15, 0.2) is 17.3 Å². The molecule has 4 rings (SSSR count). The van der Waals surface area contributed by atoms with Crippen LogP contribution in [0.25, 0.3) is 11.0 Å². The fourth-order valence-corrected chi connectivity index (χ4v) is 3.16. The van der Waals surface area contributed by atoms with Gasteiger partial charge < -0.3 is 13.9 Å². The van der Waals surface area contributed by atoms with Crippen LogP contribution in [0.5, 0.6) is 11.5 Å². The summed E-state index contributed by atoms with van der Waals surface area (Å²) in [7, 11) is 1.56. The number of para-hydroxylation sites is 1. The first kappa shape index (κ1) is 20.5. The number of rotatable bonds is 7. The Kier molecular flexibility index (Phi) is 6.19. The molecule has 0 atom stereocenters. The van der Waals surface area contributed by atoms with E-state index in [4.69, 9.17) is 25.5 Å². The molecule has 156 valence electrons. The summed E-state index contributed by atoms with van der Waals surface area (Å²) in [5.74, 6) is 0.879. The van der Waals surface area contributed by atoms with Gasteiger partial charge in [0.05, 0.1) is 13.3 Å². The van der Waals surface area contributed by atoms with Gasteiger partial charge in [-0.15, -0.1) is 0 Å². The second-order valence-electron chi connectivity index (χ2n) is 6.64. The maximum absolute atomic E-state index is 12.3. The number of nitrogens with one attached hydrogen (secondary N) is 1. The minimum absolute atomic E-state index is 0.194. The number of carbonyl (C=O) groups is 1. The van der Waals surface area contributed by atoms with Crippen LogP contribution < -0.4 is 14.9 Å². The van der Waals surface area contributed by atoms with Crippen LogP contribution in [0, 0.1) is 0 Å². The lowest BCUT2D eigenvalue weighted by Gasteiger charge is -2.12. The van der Waals surface area contributed by atoms with Crippen molar-refractivity contribution in [3.8, 4) is 11.5 Å². The molecule has 4 aromatic rings. The van der Waals surface area contributed by atoms with Crippen LogP contribution in [0.1, 0.15) is 21.7 Å². The number of amides is 1. The second-order valence-corrected chi connectivity index (χ2v) is 7.05. The van der Waals surface area contributed by atoms with Gasteiger partial charge in [-0.1, -0.05) is 48.0 Å². The highest BCUT2D eigenvalue weighted by molar-refractivity contribution is 6.31. The molecule has 6 nitrogen and oxygen atoms in total. The van der Waals surface area contributed by atoms with Crippen LogP contribution in [0.4, 0.5) is 0 Å². The first-order valence-electron chi connectivity index (χ1n) is 9.50. The number of benzene rings is 3. The lowest BCUT2D eigenvalue weighted by Crippen LogP contribution is -2.16. The minimum Gasteiger partial charge on any atom is -0.493 e. The van der Waals surface area contributed by atoms with E-state index in [-0.39, 0.29) is 5.76 Å². The molecule has 0 unspecified atom stereocenters. The van der Waals surface area contributed by atoms with E-state index in [1.165, 1.54) is 6.21 Å². The largest absolute Gasteiger partial charge is 0.493 e. The summed E-state index contributed by atoms with van der Waals surface area (Å²) >= 11 is 6.17. The van der Waals surface area contributed by atoms with Crippen molar-refractivity contribution in [3.05, 3.63) is 94.7 Å². The van der Waals surface area contributed by atoms with Gasteiger partial charge >= 0.3 is 5.91 Å². The number of methoxy groups -OCH3 is 1. The molecule has 1 amide bonds. The number of nitrogens with zero attached hydrogens (tertiary/aromatic N) is 1. The van der Waals surface area contributed by atoms with Crippen molar-refractivity contribution in [2.24, 2.45) is 5.10 Å². The van der Waals surface area contributed by atoms with Crippen LogP contribution in [-0.2, 0) is 6.61 Å². The zero-order chi connectivity index (χ0) is 21.6. The van der Waals surface area contributed by atoms with Gasteiger partial charge in [0.2, 0.25) is 0 Å². The van der Waals surface area contributed by atoms with Crippen molar-refractivity contribution >= 4 is 34.7 Å². The number of hydrogen-bond acceptors (Lipinski definition) is 5. The average Bonchev–Trinajstić information content (AvgIpc) is 3.23. The quantitative estimate of drug-likeness (QED) is 0.310. The Morgan fingerprint density at radius 2 is 1.87 bits per heavy atom. The lowest BCUT2D eigenvalue weighted by atomic mass is 10.2. The van der Waals surface area contributed by atoms with Crippen molar-refractivity contribution in [1.82, 2.24) is 5.43 Å². The Hall–Kier alpha value is -3.77. The molecule has 0 saturated heterocycles. The highest BCUT2D eigenvalue weighted by atomic mass is 35.5. The summed E-state index contributed by atoms with van der Waals surface area (Å²) in [6.07, 6.45) is 1.51. The summed E-state index contributed by atoms with van der Waals surface area (Å²) in [6.45, 7) is 0.316. The third-order valence-electron chi connectivity index (χ3n) is 4.56. The molecule has 7 heteroatoms. The van der Waals surface area contributed by atoms with Crippen molar-refractivity contribution < 1.29 is 18.7 Å². The second kappa shape index (κ2) is 9.36. The number of carbonyl (C=O) groups excluding carboxylic acids is 1. The zero-order valence-electron chi connectivity index (χ0n) is 16.7. The number of ether oxygens (including phenoxy) is 2. The van der Waals surface area contributed by atoms with E-state index in [0.29, 0.717) is 28.7 Å². The first-order chi connectivity index (χ1) is 15.1. The number of fused-ring (bicyclic) bond motifs is 1. The molecule has 0 aliphatic carbocycles. The van der Waals surface area contributed by atoms with Gasteiger partial charge in [0.25, 0.3) is 0 Å². The average molecular weight is 435 g/mol. The molecule has 3 aromatic carbocycles. The zero-order valence-corrected chi connectivity index (χ0v) is 17.4. The molecule has 1 heterocycles. The van der Waals surface area contributed by atoms with E-state index < -0.39 is 5.91 Å². The number of hydrogen-bond donors (Lipinski definition) is 1. The van der Waals surface area contributed by atoms with E-state index in [0.717, 1.165) is 16.5 Å². The van der Waals surface area contributed by atoms with E-state index in [1.807, 2.05) is 42.5 Å². The topological polar surface area (TPSA) is 73.1 Å². The Bertz CT molecular complexity index is 1220. The van der Waals surface area contributed by atoms with Gasteiger partial charge in [-0.2, -0.15) is 5.10 Å². The summed E-state index contributed by atoms with van der Waals surface area (Å²) < 4.78 is 16.8. The Morgan fingerprint density at radius 1 is 1.06 bits per heavy atom. The number of hydrazone groups is 1. The molecule has 0 bridgehead atoms. The lowest BCUT2D eigenvalue weighted by molar-refractivity contribution is 0.0929. The summed E-state index contributed by atoms with van der Waals surface area (Å²) in [6, 6.07) is 21.9. The van der Waals surface area contributed by atoms with Crippen LogP contribution in [0.2, 0.25) is 5.02 Å². The molecule has 0 spiro atoms. The summed E-state index contributed by atoms with van der Waals surface area (Å²) in [5.41, 5.74) is 4.72. The summed E-state index contributed by atoms with van der Waals surface area (Å²) in [5, 5.41) is 5.50. The van der Waals surface area contributed by atoms with Crippen LogP contribution in [0.3, 0.4) is 0 Å². The van der Waals surface area contributed by atoms with Crippen molar-refractivity contribution in [2.45, 2.75) is 6.61 Å². The predicted octanol–water partition coefficient (Wildman–Crippen LogP) is 5.44. The van der Waals surface area contributed by atoms with E-state index in [1.54, 1.807) is 37.4 Å². The molecule has 0 radical (unpaired) electrons. The third kappa shape index (κ3) is 4.87. The van der Waals surface area contributed by atoms with Crippen LogP contribution >= 0.6 is 11.6 Å². The smallest absolute Gasteiger partial charge is 0.307 e. The van der Waals surface area contributed by atoms with Gasteiger partial charge in [0, 0.05) is 16.0 Å². The molecule has 1 N–H and O–H groups in total. The molecular formula is C24H19ClN2O4. The molecule has 0 aliphatic rings. The summed E-state index contributed by atoms with van der Waals surface area (Å²) in [4.78, 5) is 12.3. The third-order valence-corrected chi connectivity index (χ3v) is 4.93. The maximum atomic E-state index is 12.3. The van der Waals surface area contributed by atoms with Crippen molar-refractivity contribution in [3.63, 3.8) is 0 Å². The Labute approximate surface area is 184 Å². The monoisotopic (exact) mass is 434 g/mol. The van der Waals surface area contributed by atoms with E-state index in [2.05, 4.69) is 10.5 Å². The number of furan rings is 1. The van der Waals surface area contributed by atoms with Crippen LogP contribution in [0.15, 0.2) is 82.3 Å². The van der Waals surface area contributed by atoms with Gasteiger partial charge in [-0.3, -0.25) is 4.79 Å². The normalized spacial score (nSPS) is 11.0. The molecule has 1 aromatic heterocycles. The standard InChI is InChI=1S/C24H19ClN2O4/c1-29-22-12-16(10-11-21(22)30-15-18-7-2-4-8-19(18)25)14-26-27-24(28)23-13-17-6-3-5-9-20(17)31-23/h2-14H,15H2,1H3,(H,27,28). The molecule has 0 saturated carbocycles. The van der Waals surface area contributed by atoms with Gasteiger partial charge in [-0.25, -0.2) is 5.43 Å². The maximum Gasteiger partial charge on any atom is 0.307 e. The highest BCUT2D eigenvalue weighted by Gasteiger charge is 2.11. The predicted molar refractivity (Wildman–Crippen MR) is 120 cm³/mol. The Morgan fingerprint density at radius 3 is 2.68 bits per heavy atom. The highest BCUT2D eigenvalue weighted by Crippen LogP contribution is 2.29. The SMILES string of the molecule is COc1cc(C=NNC(=O)c2cc3ccccc3o2)ccc1OCc1ccccc1Cl. The van der Waals surface area contributed by atoms with Gasteiger partial charge in [0.1, 0.15) is 12.2 Å². The molecule has 0 aliphatic heterocycles. The molecule has 31 heavy (non-hydrogen) atoms. The van der Waals surface area contributed by atoms with Crippen molar-refractivity contribution in [2.75, 3.05) is 7.11 Å². The first-order valence-corrected chi connectivity index (χ1v) is 9.88. The minimum atomic E-state index is -0.431. The van der Waals surface area contributed by atoms with Crippen LogP contribution in [-0.4, -0.2) is 19.2 Å². The molecule has 0 fully saturated rings.